The second-order valence-corrected chi connectivity index (χ2v) is 6.16. The lowest BCUT2D eigenvalue weighted by Crippen LogP contribution is -2.07. The molecule has 0 saturated heterocycles. The minimum atomic E-state index is -4.12. The van der Waals surface area contributed by atoms with Crippen molar-refractivity contribution in [1.82, 2.24) is 9.78 Å². The van der Waals surface area contributed by atoms with Gasteiger partial charge in [-0.15, -0.1) is 0 Å². The fourth-order valence-corrected chi connectivity index (χ4v) is 3.15. The van der Waals surface area contributed by atoms with Gasteiger partial charge < -0.3 is 4.74 Å². The van der Waals surface area contributed by atoms with Gasteiger partial charge in [0.05, 0.1) is 23.5 Å². The normalized spacial score (nSPS) is 11.8. The first-order valence-corrected chi connectivity index (χ1v) is 8.67. The molecule has 0 spiro atoms. The highest BCUT2D eigenvalue weighted by atomic mass is 35.5. The topological polar surface area (TPSA) is 27.1 Å². The number of aromatic nitrogens is 2. The number of rotatable bonds is 7. The van der Waals surface area contributed by atoms with Crippen LogP contribution in [0.4, 0.5) is 13.2 Å². The first kappa shape index (κ1) is 19.6. The number of hydrogen-bond donors (Lipinski definition) is 0. The molecule has 2 rings (SSSR count). The van der Waals surface area contributed by atoms with Crippen molar-refractivity contribution in [3.63, 3.8) is 0 Å². The average Bonchev–Trinajstić information content (AvgIpc) is 2.89. The molecule has 25 heavy (non-hydrogen) atoms. The smallest absolute Gasteiger partial charge is 0.389 e. The number of methoxy groups -OCH3 is 1. The Hall–Kier alpha value is -1.69. The fraction of sp³-hybridized carbons (Fsp3) is 0.500. The van der Waals surface area contributed by atoms with Crippen molar-refractivity contribution in [2.75, 3.05) is 7.11 Å². The van der Waals surface area contributed by atoms with Crippen molar-refractivity contribution in [2.45, 2.75) is 52.3 Å². The third kappa shape index (κ3) is 4.69. The highest BCUT2D eigenvalue weighted by Gasteiger charge is 2.26. The summed E-state index contributed by atoms with van der Waals surface area (Å²) < 4.78 is 44.2. The molecule has 3 nitrogen and oxygen atoms in total. The summed E-state index contributed by atoms with van der Waals surface area (Å²) in [4.78, 5) is 0. The van der Waals surface area contributed by atoms with E-state index in [1.54, 1.807) is 13.2 Å². The number of benzene rings is 1. The molecule has 0 bridgehead atoms. The second-order valence-electron chi connectivity index (χ2n) is 5.78. The highest BCUT2D eigenvalue weighted by molar-refractivity contribution is 6.33. The summed E-state index contributed by atoms with van der Waals surface area (Å²) in [6.07, 6.45) is -3.79. The molecule has 0 amide bonds. The Morgan fingerprint density at radius 1 is 1.24 bits per heavy atom. The fourth-order valence-electron chi connectivity index (χ4n) is 2.78. The maximum atomic E-state index is 12.3. The summed E-state index contributed by atoms with van der Waals surface area (Å²) in [7, 11) is 1.54. The van der Waals surface area contributed by atoms with E-state index in [0.29, 0.717) is 23.7 Å². The Kier molecular flexibility index (Phi) is 6.38. The molecule has 0 fully saturated rings. The van der Waals surface area contributed by atoms with Crippen LogP contribution in [0.2, 0.25) is 5.02 Å². The standard InChI is InChI=1S/C18H22ClF3N2O/c1-4-14-16(19)17(24(5-2)23-14)13-9-8-12(11-15(13)25-3)7-6-10-18(20,21)22/h8-9,11H,4-7,10H2,1-3H3. The molecule has 138 valence electrons. The molecule has 1 heterocycles. The maximum absolute atomic E-state index is 12.3. The summed E-state index contributed by atoms with van der Waals surface area (Å²) in [5.74, 6) is 0.587. The molecule has 0 aliphatic heterocycles. The molecule has 1 aromatic carbocycles. The number of hydrogen-bond acceptors (Lipinski definition) is 2. The zero-order valence-corrected chi connectivity index (χ0v) is 15.3. The minimum absolute atomic E-state index is 0.0552. The Labute approximate surface area is 150 Å². The SMILES string of the molecule is CCc1nn(CC)c(-c2ccc(CCCC(F)(F)F)cc2OC)c1Cl. The predicted molar refractivity (Wildman–Crippen MR) is 93.3 cm³/mol. The van der Waals surface area contributed by atoms with Gasteiger partial charge in [0.1, 0.15) is 5.75 Å². The number of nitrogens with zero attached hydrogens (tertiary/aromatic N) is 2. The predicted octanol–water partition coefficient (Wildman–Crippen LogP) is 5.68. The van der Waals surface area contributed by atoms with E-state index in [0.717, 1.165) is 28.9 Å². The van der Waals surface area contributed by atoms with E-state index in [-0.39, 0.29) is 6.42 Å². The van der Waals surface area contributed by atoms with Crippen LogP contribution < -0.4 is 4.74 Å². The molecule has 0 atom stereocenters. The van der Waals surface area contributed by atoms with E-state index >= 15 is 0 Å². The summed E-state index contributed by atoms with van der Waals surface area (Å²) in [6.45, 7) is 4.62. The van der Waals surface area contributed by atoms with Crippen molar-refractivity contribution in [2.24, 2.45) is 0 Å². The molecule has 0 aliphatic carbocycles. The van der Waals surface area contributed by atoms with Crippen LogP contribution in [0.3, 0.4) is 0 Å². The molecule has 0 saturated carbocycles. The molecular formula is C18H22ClF3N2O. The summed E-state index contributed by atoms with van der Waals surface area (Å²) in [5.41, 5.74) is 3.19. The van der Waals surface area contributed by atoms with Crippen LogP contribution in [-0.4, -0.2) is 23.1 Å². The lowest BCUT2D eigenvalue weighted by Gasteiger charge is -2.13. The van der Waals surface area contributed by atoms with Crippen LogP contribution in [-0.2, 0) is 19.4 Å². The molecule has 0 aliphatic rings. The van der Waals surface area contributed by atoms with Crippen molar-refractivity contribution in [3.8, 4) is 17.0 Å². The highest BCUT2D eigenvalue weighted by Crippen LogP contribution is 2.37. The molecule has 0 N–H and O–H groups in total. The summed E-state index contributed by atoms with van der Waals surface area (Å²) in [5, 5.41) is 5.09. The van der Waals surface area contributed by atoms with Gasteiger partial charge in [0.2, 0.25) is 0 Å². The molecule has 0 unspecified atom stereocenters. The van der Waals surface area contributed by atoms with Crippen LogP contribution in [0, 0.1) is 0 Å². The van der Waals surface area contributed by atoms with Gasteiger partial charge in [-0.3, -0.25) is 4.68 Å². The Morgan fingerprint density at radius 2 is 1.96 bits per heavy atom. The summed E-state index contributed by atoms with van der Waals surface area (Å²) >= 11 is 6.48. The largest absolute Gasteiger partial charge is 0.496 e. The van der Waals surface area contributed by atoms with Crippen molar-refractivity contribution < 1.29 is 17.9 Å². The molecule has 2 aromatic rings. The van der Waals surface area contributed by atoms with Crippen LogP contribution in [0.15, 0.2) is 18.2 Å². The van der Waals surface area contributed by atoms with Crippen LogP contribution in [0.25, 0.3) is 11.3 Å². The first-order chi connectivity index (χ1) is 11.8. The van der Waals surface area contributed by atoms with Gasteiger partial charge in [-0.1, -0.05) is 24.6 Å². The van der Waals surface area contributed by atoms with E-state index in [1.807, 2.05) is 30.7 Å². The van der Waals surface area contributed by atoms with Gasteiger partial charge in [-0.05, 0) is 43.9 Å². The third-order valence-electron chi connectivity index (χ3n) is 4.04. The van der Waals surface area contributed by atoms with Gasteiger partial charge in [0.25, 0.3) is 0 Å². The van der Waals surface area contributed by atoms with Crippen molar-refractivity contribution in [1.29, 1.82) is 0 Å². The zero-order valence-electron chi connectivity index (χ0n) is 14.6. The van der Waals surface area contributed by atoms with E-state index in [1.165, 1.54) is 0 Å². The van der Waals surface area contributed by atoms with E-state index in [2.05, 4.69) is 5.10 Å². The number of alkyl halides is 3. The van der Waals surface area contributed by atoms with Gasteiger partial charge >= 0.3 is 6.18 Å². The monoisotopic (exact) mass is 374 g/mol. The quantitative estimate of drug-likeness (QED) is 0.623. The lowest BCUT2D eigenvalue weighted by molar-refractivity contribution is -0.135. The van der Waals surface area contributed by atoms with Crippen LogP contribution in [0.1, 0.15) is 37.9 Å². The Balaban J connectivity index is 2.33. The zero-order chi connectivity index (χ0) is 18.6. The van der Waals surface area contributed by atoms with Crippen LogP contribution in [0.5, 0.6) is 5.75 Å². The maximum Gasteiger partial charge on any atom is 0.389 e. The number of halogens is 4. The average molecular weight is 375 g/mol. The van der Waals surface area contributed by atoms with Gasteiger partial charge in [-0.2, -0.15) is 18.3 Å². The number of ether oxygens (including phenoxy) is 1. The van der Waals surface area contributed by atoms with Gasteiger partial charge in [0.15, 0.2) is 0 Å². The molecule has 1 aromatic heterocycles. The first-order valence-electron chi connectivity index (χ1n) is 8.29. The molecule has 0 radical (unpaired) electrons. The van der Waals surface area contributed by atoms with Crippen molar-refractivity contribution >= 4 is 11.6 Å². The Bertz CT molecular complexity index is 726. The third-order valence-corrected chi connectivity index (χ3v) is 4.44. The molecule has 7 heteroatoms. The van der Waals surface area contributed by atoms with Gasteiger partial charge in [0, 0.05) is 18.5 Å². The second kappa shape index (κ2) is 8.13. The summed E-state index contributed by atoms with van der Waals surface area (Å²) in [6, 6.07) is 5.44. The van der Waals surface area contributed by atoms with E-state index in [9.17, 15) is 13.2 Å². The van der Waals surface area contributed by atoms with Crippen molar-refractivity contribution in [3.05, 3.63) is 34.5 Å². The van der Waals surface area contributed by atoms with E-state index < -0.39 is 12.6 Å². The number of aryl methyl sites for hydroxylation is 3. The van der Waals surface area contributed by atoms with Gasteiger partial charge in [-0.25, -0.2) is 0 Å². The minimum Gasteiger partial charge on any atom is -0.496 e. The Morgan fingerprint density at radius 3 is 2.52 bits per heavy atom. The van der Waals surface area contributed by atoms with E-state index in [4.69, 9.17) is 16.3 Å². The molecular weight excluding hydrogens is 353 g/mol. The lowest BCUT2D eigenvalue weighted by atomic mass is 10.0. The van der Waals surface area contributed by atoms with Crippen LogP contribution >= 0.6 is 11.6 Å².